The zero-order valence-corrected chi connectivity index (χ0v) is 18.4. The summed E-state index contributed by atoms with van der Waals surface area (Å²) in [6, 6.07) is 12.2. The summed E-state index contributed by atoms with van der Waals surface area (Å²) < 4.78 is 26.9. The van der Waals surface area contributed by atoms with Crippen LogP contribution in [0.3, 0.4) is 0 Å². The van der Waals surface area contributed by atoms with Gasteiger partial charge in [-0.2, -0.15) is 0 Å². The monoisotopic (exact) mass is 430 g/mol. The molecule has 0 fully saturated rings. The van der Waals surface area contributed by atoms with Gasteiger partial charge in [-0.25, -0.2) is 14.2 Å². The third-order valence-corrected chi connectivity index (χ3v) is 5.54. The van der Waals surface area contributed by atoms with Crippen molar-refractivity contribution in [1.29, 1.82) is 0 Å². The molecule has 0 atom stereocenters. The quantitative estimate of drug-likeness (QED) is 0.243. The number of ether oxygens (including phenoxy) is 2. The number of hydrogen-bond donors (Lipinski definition) is 0. The van der Waals surface area contributed by atoms with Crippen molar-refractivity contribution in [2.75, 3.05) is 13.2 Å². The Balaban J connectivity index is 1.86. The van der Waals surface area contributed by atoms with Crippen molar-refractivity contribution in [1.82, 2.24) is 9.55 Å². The summed E-state index contributed by atoms with van der Waals surface area (Å²) >= 11 is 1.48. The highest BCUT2D eigenvalue weighted by Crippen LogP contribution is 2.28. The molecule has 0 spiro atoms. The molecule has 1 aromatic heterocycles. The van der Waals surface area contributed by atoms with Crippen LogP contribution in [0.1, 0.15) is 43.1 Å². The standard InChI is InChI=1S/C23H27FN2O3S/c1-4-28-22(27)17-10-11-21-20(14-17)25-23(26(21)12-7-13-29-16(2)3)30-15-18-8-5-6-9-19(18)24/h5-6,8-11,14,16H,4,7,12-13,15H2,1-3H3. The van der Waals surface area contributed by atoms with Crippen molar-refractivity contribution >= 4 is 28.8 Å². The van der Waals surface area contributed by atoms with Crippen molar-refractivity contribution in [3.63, 3.8) is 0 Å². The molecular formula is C23H27FN2O3S. The summed E-state index contributed by atoms with van der Waals surface area (Å²) in [7, 11) is 0. The van der Waals surface area contributed by atoms with Gasteiger partial charge in [0.05, 0.1) is 29.3 Å². The van der Waals surface area contributed by atoms with Crippen LogP contribution < -0.4 is 0 Å². The summed E-state index contributed by atoms with van der Waals surface area (Å²) in [5.41, 5.74) is 2.77. The Labute approximate surface area is 180 Å². The third kappa shape index (κ3) is 5.61. The van der Waals surface area contributed by atoms with Crippen LogP contribution in [0.2, 0.25) is 0 Å². The SMILES string of the molecule is CCOC(=O)c1ccc2c(c1)nc(SCc1ccccc1F)n2CCCOC(C)C. The molecule has 30 heavy (non-hydrogen) atoms. The number of fused-ring (bicyclic) bond motifs is 1. The average Bonchev–Trinajstić information content (AvgIpc) is 3.07. The first kappa shape index (κ1) is 22.3. The number of rotatable bonds is 10. The molecule has 5 nitrogen and oxygen atoms in total. The lowest BCUT2D eigenvalue weighted by Crippen LogP contribution is -2.08. The van der Waals surface area contributed by atoms with Crippen LogP contribution in [0, 0.1) is 5.82 Å². The molecule has 3 aromatic rings. The first-order valence-corrected chi connectivity index (χ1v) is 11.1. The Morgan fingerprint density at radius 3 is 2.77 bits per heavy atom. The molecule has 7 heteroatoms. The fraction of sp³-hybridized carbons (Fsp3) is 0.391. The van der Waals surface area contributed by atoms with E-state index in [1.165, 1.54) is 17.8 Å². The Bertz CT molecular complexity index is 1000. The van der Waals surface area contributed by atoms with Crippen LogP contribution >= 0.6 is 11.8 Å². The van der Waals surface area contributed by atoms with Gasteiger partial charge in [-0.1, -0.05) is 30.0 Å². The fourth-order valence-corrected chi connectivity index (χ4v) is 4.10. The number of aromatic nitrogens is 2. The van der Waals surface area contributed by atoms with Gasteiger partial charge in [0, 0.05) is 18.9 Å². The van der Waals surface area contributed by atoms with E-state index < -0.39 is 0 Å². The van der Waals surface area contributed by atoms with Crippen LogP contribution in [-0.4, -0.2) is 34.8 Å². The predicted molar refractivity (Wildman–Crippen MR) is 117 cm³/mol. The van der Waals surface area contributed by atoms with Crippen LogP contribution in [0.4, 0.5) is 4.39 Å². The number of benzene rings is 2. The maximum atomic E-state index is 14.0. The van der Waals surface area contributed by atoms with E-state index in [0.29, 0.717) is 30.1 Å². The van der Waals surface area contributed by atoms with Gasteiger partial charge in [0.2, 0.25) is 0 Å². The molecular weight excluding hydrogens is 403 g/mol. The van der Waals surface area contributed by atoms with Crippen LogP contribution in [0.25, 0.3) is 11.0 Å². The number of hydrogen-bond acceptors (Lipinski definition) is 5. The summed E-state index contributed by atoms with van der Waals surface area (Å²) in [6.45, 7) is 7.50. The minimum Gasteiger partial charge on any atom is -0.462 e. The van der Waals surface area contributed by atoms with E-state index in [1.807, 2.05) is 26.0 Å². The van der Waals surface area contributed by atoms with Crippen LogP contribution in [-0.2, 0) is 21.8 Å². The van der Waals surface area contributed by atoms with Gasteiger partial charge in [0.1, 0.15) is 5.82 Å². The van der Waals surface area contributed by atoms with Crippen LogP contribution in [0.15, 0.2) is 47.6 Å². The Kier molecular flexibility index (Phi) is 7.87. The second-order valence-corrected chi connectivity index (χ2v) is 8.07. The molecule has 0 unspecified atom stereocenters. The lowest BCUT2D eigenvalue weighted by atomic mass is 10.2. The topological polar surface area (TPSA) is 53.3 Å². The van der Waals surface area contributed by atoms with Gasteiger partial charge >= 0.3 is 5.97 Å². The summed E-state index contributed by atoms with van der Waals surface area (Å²) in [5.74, 6) is -0.106. The molecule has 0 N–H and O–H groups in total. The third-order valence-electron chi connectivity index (χ3n) is 4.52. The molecule has 1 heterocycles. The van der Waals surface area contributed by atoms with Crippen molar-refractivity contribution < 1.29 is 18.7 Å². The molecule has 0 bridgehead atoms. The zero-order valence-electron chi connectivity index (χ0n) is 17.6. The Hall–Kier alpha value is -2.38. The van der Waals surface area contributed by atoms with Crippen molar-refractivity contribution in [3.8, 4) is 0 Å². The van der Waals surface area contributed by atoms with Gasteiger partial charge in [-0.3, -0.25) is 0 Å². The highest BCUT2D eigenvalue weighted by molar-refractivity contribution is 7.98. The van der Waals surface area contributed by atoms with E-state index in [0.717, 1.165) is 29.2 Å². The highest BCUT2D eigenvalue weighted by Gasteiger charge is 2.15. The molecule has 0 amide bonds. The smallest absolute Gasteiger partial charge is 0.338 e. The van der Waals surface area contributed by atoms with Crippen LogP contribution in [0.5, 0.6) is 0 Å². The second kappa shape index (κ2) is 10.6. The molecule has 160 valence electrons. The maximum Gasteiger partial charge on any atom is 0.338 e. The number of imidazole rings is 1. The number of thioether (sulfide) groups is 1. The van der Waals surface area contributed by atoms with Crippen molar-refractivity contribution in [2.45, 2.75) is 50.8 Å². The van der Waals surface area contributed by atoms with E-state index in [2.05, 4.69) is 4.57 Å². The number of carbonyl (C=O) groups is 1. The fourth-order valence-electron chi connectivity index (χ4n) is 3.07. The van der Waals surface area contributed by atoms with Gasteiger partial charge in [-0.15, -0.1) is 0 Å². The minimum atomic E-state index is -0.361. The van der Waals surface area contributed by atoms with Gasteiger partial charge < -0.3 is 14.0 Å². The summed E-state index contributed by atoms with van der Waals surface area (Å²) in [6.07, 6.45) is 1.02. The number of esters is 1. The molecule has 2 aromatic carbocycles. The Morgan fingerprint density at radius 1 is 1.23 bits per heavy atom. The number of halogens is 1. The van der Waals surface area contributed by atoms with E-state index in [9.17, 15) is 9.18 Å². The predicted octanol–water partition coefficient (Wildman–Crippen LogP) is 5.46. The number of nitrogens with zero attached hydrogens (tertiary/aromatic N) is 2. The molecule has 0 saturated carbocycles. The van der Waals surface area contributed by atoms with Gasteiger partial charge in [0.25, 0.3) is 0 Å². The zero-order chi connectivity index (χ0) is 21.5. The summed E-state index contributed by atoms with van der Waals surface area (Å²) in [5, 5.41) is 0.791. The maximum absolute atomic E-state index is 14.0. The van der Waals surface area contributed by atoms with Gasteiger partial charge in [-0.05, 0) is 57.0 Å². The van der Waals surface area contributed by atoms with E-state index in [-0.39, 0.29) is 17.9 Å². The molecule has 0 aliphatic carbocycles. The first-order chi connectivity index (χ1) is 14.5. The normalized spacial score (nSPS) is 11.4. The molecule has 0 radical (unpaired) electrons. The second-order valence-electron chi connectivity index (χ2n) is 7.12. The lowest BCUT2D eigenvalue weighted by molar-refractivity contribution is 0.0526. The number of aryl methyl sites for hydroxylation is 1. The van der Waals surface area contributed by atoms with E-state index >= 15 is 0 Å². The summed E-state index contributed by atoms with van der Waals surface area (Å²) in [4.78, 5) is 16.8. The van der Waals surface area contributed by atoms with E-state index in [1.54, 1.807) is 31.2 Å². The van der Waals surface area contributed by atoms with Gasteiger partial charge in [0.15, 0.2) is 5.16 Å². The molecule has 0 aliphatic heterocycles. The lowest BCUT2D eigenvalue weighted by Gasteiger charge is -2.11. The molecule has 0 saturated heterocycles. The minimum absolute atomic E-state index is 0.187. The highest BCUT2D eigenvalue weighted by atomic mass is 32.2. The number of carbonyl (C=O) groups excluding carboxylic acids is 1. The first-order valence-electron chi connectivity index (χ1n) is 10.1. The van der Waals surface area contributed by atoms with E-state index in [4.69, 9.17) is 14.5 Å². The Morgan fingerprint density at radius 2 is 2.03 bits per heavy atom. The largest absolute Gasteiger partial charge is 0.462 e. The molecule has 0 aliphatic rings. The average molecular weight is 431 g/mol. The van der Waals surface area contributed by atoms with Crippen molar-refractivity contribution in [3.05, 3.63) is 59.4 Å². The molecule has 3 rings (SSSR count). The van der Waals surface area contributed by atoms with Crippen molar-refractivity contribution in [2.24, 2.45) is 0 Å².